The molecule has 0 N–H and O–H groups in total. The van der Waals surface area contributed by atoms with Gasteiger partial charge in [0.05, 0.1) is 5.92 Å². The van der Waals surface area contributed by atoms with Crippen molar-refractivity contribution in [3.8, 4) is 0 Å². The average molecular weight is 296 g/mol. The number of carbonyl (C=O) groups is 3. The van der Waals surface area contributed by atoms with Crippen LogP contribution in [0.15, 0.2) is 24.8 Å². The van der Waals surface area contributed by atoms with E-state index >= 15 is 0 Å². The zero-order chi connectivity index (χ0) is 16.1. The van der Waals surface area contributed by atoms with Gasteiger partial charge in [-0.3, -0.25) is 14.4 Å². The van der Waals surface area contributed by atoms with E-state index in [2.05, 4.69) is 6.58 Å². The third kappa shape index (κ3) is 1.99. The van der Waals surface area contributed by atoms with Crippen molar-refractivity contribution in [2.75, 3.05) is 0 Å². The maximum atomic E-state index is 12.8. The van der Waals surface area contributed by atoms with Crippen LogP contribution in [0.2, 0.25) is 0 Å². The van der Waals surface area contributed by atoms with Crippen LogP contribution >= 0.6 is 0 Å². The lowest BCUT2D eigenvalue weighted by Gasteiger charge is -2.33. The molecule has 0 bridgehead atoms. The first-order chi connectivity index (χ1) is 10.4. The zero-order valence-corrected chi connectivity index (χ0v) is 13.1. The molecule has 0 amide bonds. The molecule has 22 heavy (non-hydrogen) atoms. The van der Waals surface area contributed by atoms with E-state index in [0.717, 1.165) is 36.8 Å². The SMILES string of the molecule is C=CC(C)(C)C1C(=O)C(=O)c2c(ccc3c2CCCC3)C1=O. The van der Waals surface area contributed by atoms with Crippen LogP contribution in [-0.4, -0.2) is 17.3 Å². The second-order valence-electron chi connectivity index (χ2n) is 6.85. The van der Waals surface area contributed by atoms with Crippen molar-refractivity contribution in [1.29, 1.82) is 0 Å². The Kier molecular flexibility index (Phi) is 3.39. The second kappa shape index (κ2) is 5.01. The van der Waals surface area contributed by atoms with Crippen molar-refractivity contribution >= 4 is 17.3 Å². The minimum Gasteiger partial charge on any atom is -0.293 e. The van der Waals surface area contributed by atoms with Crippen LogP contribution in [-0.2, 0) is 17.6 Å². The summed E-state index contributed by atoms with van der Waals surface area (Å²) in [5.74, 6) is -2.26. The number of fused-ring (bicyclic) bond motifs is 3. The summed E-state index contributed by atoms with van der Waals surface area (Å²) in [6.45, 7) is 7.26. The first-order valence-corrected chi connectivity index (χ1v) is 7.79. The molecule has 3 nitrogen and oxygen atoms in total. The number of ketones is 3. The number of benzene rings is 1. The predicted octanol–water partition coefficient (Wildman–Crippen LogP) is 3.34. The molecule has 0 spiro atoms. The lowest BCUT2D eigenvalue weighted by molar-refractivity contribution is -0.119. The molecule has 0 heterocycles. The highest BCUT2D eigenvalue weighted by molar-refractivity contribution is 6.52. The van der Waals surface area contributed by atoms with Crippen molar-refractivity contribution in [2.45, 2.75) is 39.5 Å². The molecule has 0 fully saturated rings. The lowest BCUT2D eigenvalue weighted by Crippen LogP contribution is -2.45. The minimum atomic E-state index is -0.952. The second-order valence-corrected chi connectivity index (χ2v) is 6.85. The van der Waals surface area contributed by atoms with Gasteiger partial charge in [-0.2, -0.15) is 0 Å². The summed E-state index contributed by atoms with van der Waals surface area (Å²) in [6.07, 6.45) is 5.37. The van der Waals surface area contributed by atoms with E-state index in [4.69, 9.17) is 0 Å². The molecule has 3 heteroatoms. The van der Waals surface area contributed by atoms with Crippen LogP contribution in [0.4, 0.5) is 0 Å². The number of Topliss-reactive ketones (excluding diaryl/α,β-unsaturated/α-hetero) is 3. The van der Waals surface area contributed by atoms with Crippen LogP contribution in [0.5, 0.6) is 0 Å². The maximum Gasteiger partial charge on any atom is 0.230 e. The van der Waals surface area contributed by atoms with Crippen LogP contribution in [0, 0.1) is 11.3 Å². The van der Waals surface area contributed by atoms with Gasteiger partial charge in [-0.1, -0.05) is 32.1 Å². The number of aryl methyl sites for hydroxylation is 1. The molecule has 2 aliphatic rings. The largest absolute Gasteiger partial charge is 0.293 e. The minimum absolute atomic E-state index is 0.238. The third-order valence-corrected chi connectivity index (χ3v) is 5.04. The summed E-state index contributed by atoms with van der Waals surface area (Å²) in [5.41, 5.74) is 2.11. The first kappa shape index (κ1) is 14.9. The summed E-state index contributed by atoms with van der Waals surface area (Å²) in [7, 11) is 0. The van der Waals surface area contributed by atoms with E-state index < -0.39 is 22.9 Å². The van der Waals surface area contributed by atoms with Crippen LogP contribution in [0.3, 0.4) is 0 Å². The third-order valence-electron chi connectivity index (χ3n) is 5.04. The quantitative estimate of drug-likeness (QED) is 0.478. The highest BCUT2D eigenvalue weighted by Crippen LogP contribution is 2.39. The Morgan fingerprint density at radius 3 is 2.45 bits per heavy atom. The van der Waals surface area contributed by atoms with Crippen LogP contribution in [0.1, 0.15) is 58.5 Å². The molecule has 0 saturated carbocycles. The number of allylic oxidation sites excluding steroid dienone is 1. The lowest BCUT2D eigenvalue weighted by atomic mass is 9.66. The fraction of sp³-hybridized carbons (Fsp3) is 0.421. The Balaban J connectivity index is 2.21. The van der Waals surface area contributed by atoms with E-state index in [1.54, 1.807) is 26.0 Å². The summed E-state index contributed by atoms with van der Waals surface area (Å²) in [4.78, 5) is 38.1. The molecule has 3 rings (SSSR count). The Labute approximate surface area is 130 Å². The summed E-state index contributed by atoms with van der Waals surface area (Å²) in [5, 5.41) is 0. The standard InChI is InChI=1S/C19H20O3/c1-4-19(2,3)15-16(20)13-10-9-11-7-5-6-8-12(11)14(13)17(21)18(15)22/h4,9-10,15H,1,5-8H2,2-3H3. The fourth-order valence-electron chi connectivity index (χ4n) is 3.62. The van der Waals surface area contributed by atoms with Crippen molar-refractivity contribution in [3.05, 3.63) is 47.0 Å². The highest BCUT2D eigenvalue weighted by atomic mass is 16.2. The van der Waals surface area contributed by atoms with E-state index in [1.165, 1.54) is 0 Å². The van der Waals surface area contributed by atoms with Crippen molar-refractivity contribution < 1.29 is 14.4 Å². The monoisotopic (exact) mass is 296 g/mol. The molecule has 1 aromatic rings. The molecule has 0 saturated heterocycles. The van der Waals surface area contributed by atoms with Crippen LogP contribution in [0.25, 0.3) is 0 Å². The van der Waals surface area contributed by atoms with E-state index in [0.29, 0.717) is 11.1 Å². The maximum absolute atomic E-state index is 12.8. The van der Waals surface area contributed by atoms with Gasteiger partial charge in [0.2, 0.25) is 11.6 Å². The molecular weight excluding hydrogens is 276 g/mol. The fourth-order valence-corrected chi connectivity index (χ4v) is 3.62. The van der Waals surface area contributed by atoms with E-state index in [9.17, 15) is 14.4 Å². The molecular formula is C19H20O3. The molecule has 0 aromatic heterocycles. The van der Waals surface area contributed by atoms with Crippen molar-refractivity contribution in [2.24, 2.45) is 11.3 Å². The smallest absolute Gasteiger partial charge is 0.230 e. The number of hydrogen-bond donors (Lipinski definition) is 0. The van der Waals surface area contributed by atoms with Gasteiger partial charge in [0.25, 0.3) is 0 Å². The average Bonchev–Trinajstić information content (AvgIpc) is 2.51. The van der Waals surface area contributed by atoms with Gasteiger partial charge in [0.1, 0.15) is 0 Å². The van der Waals surface area contributed by atoms with Gasteiger partial charge < -0.3 is 0 Å². The first-order valence-electron chi connectivity index (χ1n) is 7.79. The van der Waals surface area contributed by atoms with Gasteiger partial charge in [0.15, 0.2) is 5.78 Å². The van der Waals surface area contributed by atoms with Gasteiger partial charge >= 0.3 is 0 Å². The Bertz CT molecular complexity index is 710. The normalized spacial score (nSPS) is 21.4. The zero-order valence-electron chi connectivity index (χ0n) is 13.1. The summed E-state index contributed by atoms with van der Waals surface area (Å²) < 4.78 is 0. The Morgan fingerprint density at radius 2 is 1.77 bits per heavy atom. The summed E-state index contributed by atoms with van der Waals surface area (Å²) in [6, 6.07) is 3.69. The molecule has 0 radical (unpaired) electrons. The Morgan fingerprint density at radius 1 is 1.09 bits per heavy atom. The highest BCUT2D eigenvalue weighted by Gasteiger charge is 2.48. The topological polar surface area (TPSA) is 51.2 Å². The molecule has 1 unspecified atom stereocenters. The van der Waals surface area contributed by atoms with Gasteiger partial charge in [-0.15, -0.1) is 6.58 Å². The van der Waals surface area contributed by atoms with Crippen molar-refractivity contribution in [3.63, 3.8) is 0 Å². The molecule has 1 aromatic carbocycles. The van der Waals surface area contributed by atoms with Gasteiger partial charge in [-0.05, 0) is 42.2 Å². The molecule has 1 atom stereocenters. The Hall–Kier alpha value is -2.03. The van der Waals surface area contributed by atoms with Crippen LogP contribution < -0.4 is 0 Å². The summed E-state index contributed by atoms with van der Waals surface area (Å²) >= 11 is 0. The number of rotatable bonds is 2. The van der Waals surface area contributed by atoms with E-state index in [1.807, 2.05) is 6.07 Å². The number of carbonyl (C=O) groups excluding carboxylic acids is 3. The molecule has 2 aliphatic carbocycles. The predicted molar refractivity (Wildman–Crippen MR) is 84.2 cm³/mol. The molecule has 114 valence electrons. The number of hydrogen-bond acceptors (Lipinski definition) is 3. The van der Waals surface area contributed by atoms with Gasteiger partial charge in [0, 0.05) is 11.1 Å². The van der Waals surface area contributed by atoms with E-state index in [-0.39, 0.29) is 5.78 Å². The van der Waals surface area contributed by atoms with Crippen molar-refractivity contribution in [1.82, 2.24) is 0 Å². The molecule has 0 aliphatic heterocycles. The van der Waals surface area contributed by atoms with Gasteiger partial charge in [-0.25, -0.2) is 0 Å².